The molecule has 3 nitrogen and oxygen atoms in total. The molecule has 4 heteroatoms. The molecular formula is C20H16N2OS. The van der Waals surface area contributed by atoms with Gasteiger partial charge in [-0.15, -0.1) is 0 Å². The summed E-state index contributed by atoms with van der Waals surface area (Å²) >= 11 is 1.68. The third-order valence-corrected chi connectivity index (χ3v) is 4.79. The van der Waals surface area contributed by atoms with Gasteiger partial charge in [0, 0.05) is 23.8 Å². The Morgan fingerprint density at radius 3 is 2.88 bits per heavy atom. The summed E-state index contributed by atoms with van der Waals surface area (Å²) in [6, 6.07) is 18.0. The van der Waals surface area contributed by atoms with Crippen molar-refractivity contribution in [2.75, 3.05) is 0 Å². The number of benzene rings is 2. The molecular weight excluding hydrogens is 316 g/mol. The van der Waals surface area contributed by atoms with Gasteiger partial charge in [0.05, 0.1) is 0 Å². The summed E-state index contributed by atoms with van der Waals surface area (Å²) in [4.78, 5) is 15.6. The number of amides is 1. The molecule has 0 bridgehead atoms. The average molecular weight is 332 g/mol. The van der Waals surface area contributed by atoms with Gasteiger partial charge < -0.3 is 10.3 Å². The molecule has 0 fully saturated rings. The first-order valence-electron chi connectivity index (χ1n) is 7.77. The number of thiophene rings is 1. The molecule has 2 heterocycles. The predicted molar refractivity (Wildman–Crippen MR) is 99.2 cm³/mol. The zero-order chi connectivity index (χ0) is 16.4. The van der Waals surface area contributed by atoms with Gasteiger partial charge in [0.1, 0.15) is 0 Å². The van der Waals surface area contributed by atoms with Crippen LogP contribution in [0.25, 0.3) is 22.0 Å². The Labute approximate surface area is 144 Å². The molecule has 1 amide bonds. The lowest BCUT2D eigenvalue weighted by Crippen LogP contribution is -2.23. The molecule has 2 aromatic heterocycles. The molecule has 4 aromatic rings. The van der Waals surface area contributed by atoms with Crippen LogP contribution >= 0.6 is 11.3 Å². The summed E-state index contributed by atoms with van der Waals surface area (Å²) in [5, 5.41) is 8.32. The van der Waals surface area contributed by atoms with Crippen LogP contribution in [0, 0.1) is 0 Å². The van der Waals surface area contributed by atoms with Crippen molar-refractivity contribution in [2.24, 2.45) is 0 Å². The fraction of sp³-hybridized carbons (Fsp3) is 0.0500. The second-order valence-corrected chi connectivity index (χ2v) is 6.41. The monoisotopic (exact) mass is 332 g/mol. The highest BCUT2D eigenvalue weighted by Crippen LogP contribution is 2.25. The zero-order valence-corrected chi connectivity index (χ0v) is 13.8. The number of nitrogens with one attached hydrogen (secondary N) is 2. The van der Waals surface area contributed by atoms with Crippen LogP contribution in [-0.2, 0) is 6.54 Å². The van der Waals surface area contributed by atoms with E-state index in [1.807, 2.05) is 42.6 Å². The van der Waals surface area contributed by atoms with Crippen LogP contribution in [0.2, 0.25) is 0 Å². The van der Waals surface area contributed by atoms with Gasteiger partial charge in [0.25, 0.3) is 5.91 Å². The van der Waals surface area contributed by atoms with E-state index in [1.165, 1.54) is 11.1 Å². The summed E-state index contributed by atoms with van der Waals surface area (Å²) in [6.45, 7) is 0.508. The lowest BCUT2D eigenvalue weighted by Gasteiger charge is -2.10. The molecule has 24 heavy (non-hydrogen) atoms. The van der Waals surface area contributed by atoms with Crippen LogP contribution in [0.3, 0.4) is 0 Å². The van der Waals surface area contributed by atoms with Crippen molar-refractivity contribution in [3.8, 4) is 11.1 Å². The number of aromatic nitrogens is 1. The first-order chi connectivity index (χ1) is 11.8. The van der Waals surface area contributed by atoms with Crippen LogP contribution in [0.15, 0.2) is 71.6 Å². The summed E-state index contributed by atoms with van der Waals surface area (Å²) < 4.78 is 0. The van der Waals surface area contributed by atoms with Gasteiger partial charge in [0.2, 0.25) is 0 Å². The smallest absolute Gasteiger partial charge is 0.251 e. The molecule has 0 radical (unpaired) electrons. The van der Waals surface area contributed by atoms with Gasteiger partial charge in [-0.3, -0.25) is 4.79 Å². The zero-order valence-electron chi connectivity index (χ0n) is 13.0. The Kier molecular flexibility index (Phi) is 3.89. The highest BCUT2D eigenvalue weighted by molar-refractivity contribution is 7.08. The number of carbonyl (C=O) groups excluding carboxylic acids is 1. The number of hydrogen-bond acceptors (Lipinski definition) is 2. The standard InChI is InChI=1S/C20H16N2OS/c23-20(15-6-5-14-7-9-21-19(14)11-15)22-12-16-3-1-2-4-18(16)17-8-10-24-13-17/h1-11,13,21H,12H2,(H,22,23). The maximum absolute atomic E-state index is 12.5. The van der Waals surface area contributed by atoms with E-state index in [0.717, 1.165) is 16.5 Å². The van der Waals surface area contributed by atoms with Crippen molar-refractivity contribution in [2.45, 2.75) is 6.54 Å². The number of fused-ring (bicyclic) bond motifs is 1. The SMILES string of the molecule is O=C(NCc1ccccc1-c1ccsc1)c1ccc2cc[nH]c2c1. The fourth-order valence-electron chi connectivity index (χ4n) is 2.84. The van der Waals surface area contributed by atoms with Gasteiger partial charge >= 0.3 is 0 Å². The van der Waals surface area contributed by atoms with Gasteiger partial charge in [0.15, 0.2) is 0 Å². The topological polar surface area (TPSA) is 44.9 Å². The molecule has 0 aliphatic rings. The fourth-order valence-corrected chi connectivity index (χ4v) is 3.50. The number of hydrogen-bond donors (Lipinski definition) is 2. The maximum Gasteiger partial charge on any atom is 0.251 e. The summed E-state index contributed by atoms with van der Waals surface area (Å²) in [5.41, 5.74) is 5.11. The summed E-state index contributed by atoms with van der Waals surface area (Å²) in [7, 11) is 0. The van der Waals surface area contributed by atoms with Crippen LogP contribution in [0.4, 0.5) is 0 Å². The molecule has 2 N–H and O–H groups in total. The molecule has 0 aliphatic carbocycles. The third kappa shape index (κ3) is 2.84. The predicted octanol–water partition coefficient (Wildman–Crippen LogP) is 4.83. The van der Waals surface area contributed by atoms with Crippen molar-refractivity contribution in [3.63, 3.8) is 0 Å². The molecule has 4 rings (SSSR count). The van der Waals surface area contributed by atoms with E-state index in [9.17, 15) is 4.79 Å². The molecule has 0 spiro atoms. The number of H-pyrrole nitrogens is 1. The van der Waals surface area contributed by atoms with Crippen LogP contribution < -0.4 is 5.32 Å². The first kappa shape index (κ1) is 14.7. The third-order valence-electron chi connectivity index (χ3n) is 4.11. The van der Waals surface area contributed by atoms with E-state index >= 15 is 0 Å². The Bertz CT molecular complexity index is 986. The normalized spacial score (nSPS) is 10.8. The van der Waals surface area contributed by atoms with Crippen molar-refractivity contribution >= 4 is 28.1 Å². The number of aromatic amines is 1. The van der Waals surface area contributed by atoms with Crippen molar-refractivity contribution < 1.29 is 4.79 Å². The number of carbonyl (C=O) groups is 1. The quantitative estimate of drug-likeness (QED) is 0.552. The summed E-state index contributed by atoms with van der Waals surface area (Å²) in [6.07, 6.45) is 1.88. The van der Waals surface area contributed by atoms with Gasteiger partial charge in [-0.05, 0) is 57.1 Å². The van der Waals surface area contributed by atoms with Crippen LogP contribution in [0.5, 0.6) is 0 Å². The van der Waals surface area contributed by atoms with E-state index in [1.54, 1.807) is 11.3 Å². The van der Waals surface area contributed by atoms with E-state index in [-0.39, 0.29) is 5.91 Å². The molecule has 0 saturated carbocycles. The van der Waals surface area contributed by atoms with Gasteiger partial charge in [-0.25, -0.2) is 0 Å². The lowest BCUT2D eigenvalue weighted by atomic mass is 10.0. The average Bonchev–Trinajstić information content (AvgIpc) is 3.30. The highest BCUT2D eigenvalue weighted by Gasteiger charge is 2.09. The minimum atomic E-state index is -0.0633. The van der Waals surface area contributed by atoms with E-state index in [2.05, 4.69) is 39.3 Å². The molecule has 0 unspecified atom stereocenters. The van der Waals surface area contributed by atoms with Crippen molar-refractivity contribution in [1.29, 1.82) is 0 Å². The minimum absolute atomic E-state index is 0.0633. The second-order valence-electron chi connectivity index (χ2n) is 5.63. The Morgan fingerprint density at radius 2 is 2.00 bits per heavy atom. The molecule has 0 saturated heterocycles. The lowest BCUT2D eigenvalue weighted by molar-refractivity contribution is 0.0951. The minimum Gasteiger partial charge on any atom is -0.361 e. The molecule has 2 aromatic carbocycles. The largest absolute Gasteiger partial charge is 0.361 e. The Hall–Kier alpha value is -2.85. The van der Waals surface area contributed by atoms with E-state index < -0.39 is 0 Å². The number of rotatable bonds is 4. The molecule has 0 atom stereocenters. The first-order valence-corrected chi connectivity index (χ1v) is 8.71. The van der Waals surface area contributed by atoms with Gasteiger partial charge in [-0.2, -0.15) is 11.3 Å². The maximum atomic E-state index is 12.5. The van der Waals surface area contributed by atoms with Crippen LogP contribution in [0.1, 0.15) is 15.9 Å². The van der Waals surface area contributed by atoms with Crippen molar-refractivity contribution in [1.82, 2.24) is 10.3 Å². The van der Waals surface area contributed by atoms with Gasteiger partial charge in [-0.1, -0.05) is 30.3 Å². The van der Waals surface area contributed by atoms with Crippen molar-refractivity contribution in [3.05, 3.63) is 82.7 Å². The Morgan fingerprint density at radius 1 is 1.08 bits per heavy atom. The van der Waals surface area contributed by atoms with E-state index in [4.69, 9.17) is 0 Å². The van der Waals surface area contributed by atoms with E-state index in [0.29, 0.717) is 12.1 Å². The highest BCUT2D eigenvalue weighted by atomic mass is 32.1. The van der Waals surface area contributed by atoms with Crippen LogP contribution in [-0.4, -0.2) is 10.9 Å². The summed E-state index contributed by atoms with van der Waals surface area (Å²) in [5.74, 6) is -0.0633. The molecule has 0 aliphatic heterocycles. The second kappa shape index (κ2) is 6.34. The Balaban J connectivity index is 1.53. The molecule has 118 valence electrons.